The number of aryl methyl sites for hydroxylation is 1. The summed E-state index contributed by atoms with van der Waals surface area (Å²) in [5, 5.41) is 15.7. The van der Waals surface area contributed by atoms with Crippen molar-refractivity contribution in [3.8, 4) is 5.69 Å². The summed E-state index contributed by atoms with van der Waals surface area (Å²) in [7, 11) is 0. The van der Waals surface area contributed by atoms with Crippen molar-refractivity contribution < 1.29 is 14.3 Å². The molecule has 10 heteroatoms. The molecule has 0 atom stereocenters. The fourth-order valence-corrected chi connectivity index (χ4v) is 4.35. The molecule has 2 heterocycles. The summed E-state index contributed by atoms with van der Waals surface area (Å²) in [5.74, 6) is -0.00883. The van der Waals surface area contributed by atoms with Gasteiger partial charge in [0.25, 0.3) is 0 Å². The number of thioether (sulfide) groups is 1. The van der Waals surface area contributed by atoms with Crippen molar-refractivity contribution in [3.63, 3.8) is 0 Å². The predicted molar refractivity (Wildman–Crippen MR) is 118 cm³/mol. The third kappa shape index (κ3) is 5.25. The number of ether oxygens (including phenoxy) is 1. The average molecular weight is 446 g/mol. The van der Waals surface area contributed by atoms with Gasteiger partial charge in [-0.2, -0.15) is 4.68 Å². The normalized spacial score (nSPS) is 11.0. The molecule has 158 valence electrons. The van der Waals surface area contributed by atoms with Crippen LogP contribution in [0.1, 0.15) is 47.5 Å². The second-order valence-corrected chi connectivity index (χ2v) is 8.79. The quantitative estimate of drug-likeness (QED) is 0.412. The van der Waals surface area contributed by atoms with Crippen LogP contribution in [0.2, 0.25) is 0 Å². The zero-order valence-electron chi connectivity index (χ0n) is 17.2. The van der Waals surface area contributed by atoms with Gasteiger partial charge in [0, 0.05) is 0 Å². The van der Waals surface area contributed by atoms with Crippen molar-refractivity contribution in [2.24, 2.45) is 0 Å². The molecule has 0 bridgehead atoms. The highest BCUT2D eigenvalue weighted by molar-refractivity contribution is 7.99. The summed E-state index contributed by atoms with van der Waals surface area (Å²) < 4.78 is 6.64. The lowest BCUT2D eigenvalue weighted by Gasteiger charge is -2.08. The van der Waals surface area contributed by atoms with Gasteiger partial charge in [-0.3, -0.25) is 4.79 Å². The molecular weight excluding hydrogens is 422 g/mol. The van der Waals surface area contributed by atoms with E-state index >= 15 is 0 Å². The molecule has 3 aromatic rings. The molecule has 1 N–H and O–H groups in total. The van der Waals surface area contributed by atoms with E-state index in [1.165, 1.54) is 28.7 Å². The van der Waals surface area contributed by atoms with E-state index in [1.807, 2.05) is 31.2 Å². The number of rotatable bonds is 8. The molecule has 0 saturated carbocycles. The lowest BCUT2D eigenvalue weighted by molar-refractivity contribution is -0.113. The molecule has 0 radical (unpaired) electrons. The first kappa shape index (κ1) is 22.0. The van der Waals surface area contributed by atoms with Gasteiger partial charge in [-0.1, -0.05) is 37.7 Å². The van der Waals surface area contributed by atoms with Crippen LogP contribution in [0.4, 0.5) is 5.00 Å². The van der Waals surface area contributed by atoms with Crippen molar-refractivity contribution in [3.05, 3.63) is 46.3 Å². The lowest BCUT2D eigenvalue weighted by atomic mass is 10.0. The summed E-state index contributed by atoms with van der Waals surface area (Å²) >= 11 is 2.44. The first-order valence-electron chi connectivity index (χ1n) is 9.48. The maximum absolute atomic E-state index is 12.4. The topological polar surface area (TPSA) is 99.0 Å². The monoisotopic (exact) mass is 445 g/mol. The van der Waals surface area contributed by atoms with Crippen LogP contribution < -0.4 is 5.32 Å². The van der Waals surface area contributed by atoms with E-state index in [0.717, 1.165) is 11.3 Å². The van der Waals surface area contributed by atoms with Gasteiger partial charge in [0.2, 0.25) is 11.1 Å². The Morgan fingerprint density at radius 3 is 2.67 bits per heavy atom. The average Bonchev–Trinajstić information content (AvgIpc) is 3.33. The van der Waals surface area contributed by atoms with Gasteiger partial charge in [-0.25, -0.2) is 4.79 Å². The highest BCUT2D eigenvalue weighted by atomic mass is 32.2. The number of thiophene rings is 1. The number of amides is 1. The molecule has 0 spiro atoms. The molecule has 30 heavy (non-hydrogen) atoms. The number of esters is 1. The van der Waals surface area contributed by atoms with Gasteiger partial charge >= 0.3 is 5.97 Å². The van der Waals surface area contributed by atoms with Crippen LogP contribution in [0.15, 0.2) is 35.5 Å². The number of nitrogens with zero attached hydrogens (tertiary/aromatic N) is 4. The van der Waals surface area contributed by atoms with Crippen molar-refractivity contribution in [1.29, 1.82) is 0 Å². The number of aromatic nitrogens is 4. The Bertz CT molecular complexity index is 1030. The fourth-order valence-electron chi connectivity index (χ4n) is 2.68. The largest absolute Gasteiger partial charge is 0.462 e. The van der Waals surface area contributed by atoms with Crippen LogP contribution in [0.5, 0.6) is 0 Å². The number of nitrogens with one attached hydrogen (secondary N) is 1. The number of benzene rings is 1. The maximum Gasteiger partial charge on any atom is 0.348 e. The minimum atomic E-state index is -0.377. The second-order valence-electron chi connectivity index (χ2n) is 6.80. The summed E-state index contributed by atoms with van der Waals surface area (Å²) in [4.78, 5) is 24.8. The van der Waals surface area contributed by atoms with Crippen LogP contribution in [0.3, 0.4) is 0 Å². The molecule has 0 unspecified atom stereocenters. The van der Waals surface area contributed by atoms with Crippen LogP contribution >= 0.6 is 23.1 Å². The third-order valence-corrected chi connectivity index (χ3v) is 6.27. The van der Waals surface area contributed by atoms with Gasteiger partial charge in [0.1, 0.15) is 4.88 Å². The molecule has 0 aliphatic rings. The summed E-state index contributed by atoms with van der Waals surface area (Å²) in [5.41, 5.74) is 2.84. The summed E-state index contributed by atoms with van der Waals surface area (Å²) in [6, 6.07) is 9.77. The van der Waals surface area contributed by atoms with Crippen molar-refractivity contribution >= 4 is 40.0 Å². The highest BCUT2D eigenvalue weighted by Crippen LogP contribution is 2.28. The summed E-state index contributed by atoms with van der Waals surface area (Å²) in [6.07, 6.45) is 0. The first-order valence-corrected chi connectivity index (χ1v) is 11.3. The minimum absolute atomic E-state index is 0.135. The van der Waals surface area contributed by atoms with Crippen molar-refractivity contribution in [1.82, 2.24) is 20.2 Å². The molecule has 0 saturated heterocycles. The number of hydrogen-bond donors (Lipinski definition) is 1. The predicted octanol–water partition coefficient (Wildman–Crippen LogP) is 4.06. The van der Waals surface area contributed by atoms with Crippen LogP contribution in [-0.4, -0.2) is 44.4 Å². The molecule has 1 aromatic carbocycles. The second kappa shape index (κ2) is 9.86. The van der Waals surface area contributed by atoms with E-state index in [1.54, 1.807) is 17.7 Å². The highest BCUT2D eigenvalue weighted by Gasteiger charge is 2.17. The molecule has 0 aliphatic heterocycles. The van der Waals surface area contributed by atoms with Crippen LogP contribution in [0, 0.1) is 6.92 Å². The molecule has 3 rings (SSSR count). The van der Waals surface area contributed by atoms with Gasteiger partial charge in [0.15, 0.2) is 0 Å². The maximum atomic E-state index is 12.4. The Morgan fingerprint density at radius 2 is 2.00 bits per heavy atom. The molecule has 0 aliphatic carbocycles. The molecule has 2 aromatic heterocycles. The van der Waals surface area contributed by atoms with Gasteiger partial charge < -0.3 is 10.1 Å². The minimum Gasteiger partial charge on any atom is -0.462 e. The van der Waals surface area contributed by atoms with Crippen molar-refractivity contribution in [2.45, 2.75) is 38.8 Å². The zero-order chi connectivity index (χ0) is 21.7. The fraction of sp³-hybridized carbons (Fsp3) is 0.350. The SMILES string of the molecule is CCOC(=O)c1sc(NC(=O)CSc2nnnn2-c2ccc(C(C)C)cc2)cc1C. The van der Waals surface area contributed by atoms with E-state index in [2.05, 4.69) is 34.7 Å². The Balaban J connectivity index is 1.62. The third-order valence-electron chi connectivity index (χ3n) is 4.22. The molecule has 0 fully saturated rings. The van der Waals surface area contributed by atoms with E-state index < -0.39 is 0 Å². The van der Waals surface area contributed by atoms with Crippen LogP contribution in [-0.2, 0) is 9.53 Å². The van der Waals surface area contributed by atoms with Crippen LogP contribution in [0.25, 0.3) is 5.69 Å². The number of carbonyl (C=O) groups is 2. The first-order chi connectivity index (χ1) is 14.4. The van der Waals surface area contributed by atoms with Gasteiger partial charge in [-0.15, -0.1) is 16.4 Å². The number of carbonyl (C=O) groups excluding carboxylic acids is 2. The molecule has 1 amide bonds. The van der Waals surface area contributed by atoms with Crippen molar-refractivity contribution in [2.75, 3.05) is 17.7 Å². The van der Waals surface area contributed by atoms with Gasteiger partial charge in [-0.05, 0) is 59.5 Å². The van der Waals surface area contributed by atoms with E-state index in [0.29, 0.717) is 27.6 Å². The number of anilines is 1. The molecular formula is C20H23N5O3S2. The number of tetrazole rings is 1. The number of hydrogen-bond acceptors (Lipinski definition) is 8. The van der Waals surface area contributed by atoms with Gasteiger partial charge in [0.05, 0.1) is 23.0 Å². The Hall–Kier alpha value is -2.72. The Labute approximate surface area is 183 Å². The smallest absolute Gasteiger partial charge is 0.348 e. The Kier molecular flexibility index (Phi) is 7.22. The lowest BCUT2D eigenvalue weighted by Crippen LogP contribution is -2.13. The van der Waals surface area contributed by atoms with E-state index in [-0.39, 0.29) is 17.6 Å². The van der Waals surface area contributed by atoms with E-state index in [9.17, 15) is 9.59 Å². The Morgan fingerprint density at radius 1 is 1.27 bits per heavy atom. The molecule has 8 nitrogen and oxygen atoms in total. The van der Waals surface area contributed by atoms with E-state index in [4.69, 9.17) is 4.74 Å². The standard InChI is InChI=1S/C20H23N5O3S2/c1-5-28-19(27)18-13(4)10-17(30-18)21-16(26)11-29-20-22-23-24-25(20)15-8-6-14(7-9-15)12(2)3/h6-10,12H,5,11H2,1-4H3,(H,21,26). The zero-order valence-corrected chi connectivity index (χ0v) is 18.8. The summed E-state index contributed by atoms with van der Waals surface area (Å²) in [6.45, 7) is 8.15.